The second-order valence-electron chi connectivity index (χ2n) is 3.77. The van der Waals surface area contributed by atoms with Gasteiger partial charge in [-0.05, 0) is 37.2 Å². The van der Waals surface area contributed by atoms with Crippen LogP contribution in [0.4, 0.5) is 0 Å². The molecule has 0 aromatic heterocycles. The van der Waals surface area contributed by atoms with Crippen molar-refractivity contribution < 1.29 is 8.42 Å². The van der Waals surface area contributed by atoms with Crippen molar-refractivity contribution in [2.45, 2.75) is 17.9 Å². The maximum atomic E-state index is 11.9. The molecular weight excluding hydrogens is 246 g/mol. The lowest BCUT2D eigenvalue weighted by Gasteiger charge is -2.12. The van der Waals surface area contributed by atoms with E-state index in [1.54, 1.807) is 19.2 Å². The van der Waals surface area contributed by atoms with Gasteiger partial charge in [-0.25, -0.2) is 8.42 Å². The molecule has 1 aromatic rings. The van der Waals surface area contributed by atoms with Crippen molar-refractivity contribution in [2.24, 2.45) is 0 Å². The van der Waals surface area contributed by atoms with Gasteiger partial charge in [0.25, 0.3) is 0 Å². The van der Waals surface area contributed by atoms with Gasteiger partial charge in [-0.3, -0.25) is 0 Å². The molecule has 0 aliphatic carbocycles. The van der Waals surface area contributed by atoms with Crippen LogP contribution in [0, 0.1) is 0 Å². The Hall–Kier alpha value is -0.840. The van der Waals surface area contributed by atoms with Gasteiger partial charge in [-0.1, -0.05) is 17.7 Å². The highest BCUT2D eigenvalue weighted by atomic mass is 35.5. The van der Waals surface area contributed by atoms with E-state index in [-0.39, 0.29) is 6.04 Å². The van der Waals surface area contributed by atoms with Crippen molar-refractivity contribution in [1.29, 1.82) is 0 Å². The molecule has 0 radical (unpaired) electrons. The van der Waals surface area contributed by atoms with Crippen molar-refractivity contribution in [3.8, 4) is 0 Å². The Kier molecular flexibility index (Phi) is 2.82. The number of benzene rings is 1. The molecule has 86 valence electrons. The van der Waals surface area contributed by atoms with Crippen LogP contribution in [0.5, 0.6) is 0 Å². The Morgan fingerprint density at radius 2 is 2.06 bits per heavy atom. The number of rotatable bonds is 2. The van der Waals surface area contributed by atoms with Crippen LogP contribution in [0.3, 0.4) is 0 Å². The van der Waals surface area contributed by atoms with Gasteiger partial charge in [0.1, 0.15) is 0 Å². The van der Waals surface area contributed by atoms with Crippen molar-refractivity contribution in [3.63, 3.8) is 0 Å². The highest BCUT2D eigenvalue weighted by molar-refractivity contribution is 7.95. The van der Waals surface area contributed by atoms with Gasteiger partial charge < -0.3 is 5.32 Å². The van der Waals surface area contributed by atoms with Crippen molar-refractivity contribution >= 4 is 27.0 Å². The number of hydrogen-bond acceptors (Lipinski definition) is 3. The number of fused-ring (bicyclic) bond motifs is 1. The first-order valence-electron chi connectivity index (χ1n) is 4.89. The Bertz CT molecular complexity index is 563. The third kappa shape index (κ3) is 1.77. The fourth-order valence-corrected chi connectivity index (χ4v) is 3.57. The summed E-state index contributed by atoms with van der Waals surface area (Å²) in [6.07, 6.45) is 0. The lowest BCUT2D eigenvalue weighted by Crippen LogP contribution is -2.22. The second kappa shape index (κ2) is 3.87. The maximum absolute atomic E-state index is 11.9. The molecule has 3 nitrogen and oxygen atoms in total. The summed E-state index contributed by atoms with van der Waals surface area (Å²) in [6, 6.07) is 4.95. The van der Waals surface area contributed by atoms with Gasteiger partial charge in [0.15, 0.2) is 0 Å². The average Bonchev–Trinajstić information content (AvgIpc) is 2.50. The Balaban J connectivity index is 2.65. The molecular formula is C11H12ClNO2S. The fourth-order valence-electron chi connectivity index (χ4n) is 1.75. The molecule has 16 heavy (non-hydrogen) atoms. The SMILES string of the molecule is CNC(C)C1=CS(=O)(=O)c2cc(Cl)ccc21. The molecule has 1 N–H and O–H groups in total. The molecule has 0 saturated carbocycles. The third-order valence-corrected chi connectivity index (χ3v) is 4.49. The van der Waals surface area contributed by atoms with E-state index in [0.29, 0.717) is 9.92 Å². The summed E-state index contributed by atoms with van der Waals surface area (Å²) < 4.78 is 23.7. The molecule has 1 atom stereocenters. The first-order chi connectivity index (χ1) is 7.45. The molecule has 0 saturated heterocycles. The van der Waals surface area contributed by atoms with Crippen molar-refractivity contribution in [3.05, 3.63) is 34.2 Å². The third-order valence-electron chi connectivity index (χ3n) is 2.74. The molecule has 0 bridgehead atoms. The predicted octanol–water partition coefficient (Wildman–Crippen LogP) is 2.08. The lowest BCUT2D eigenvalue weighted by molar-refractivity contribution is 0.605. The Morgan fingerprint density at radius 1 is 1.38 bits per heavy atom. The second-order valence-corrected chi connectivity index (χ2v) is 5.97. The first kappa shape index (κ1) is 11.6. The molecule has 1 unspecified atom stereocenters. The summed E-state index contributed by atoms with van der Waals surface area (Å²) in [4.78, 5) is 0.303. The summed E-state index contributed by atoms with van der Waals surface area (Å²) >= 11 is 5.81. The van der Waals surface area contributed by atoms with E-state index in [1.165, 1.54) is 11.5 Å². The minimum absolute atomic E-state index is 0.00259. The lowest BCUT2D eigenvalue weighted by atomic mass is 10.0. The summed E-state index contributed by atoms with van der Waals surface area (Å²) in [7, 11) is -1.52. The van der Waals surface area contributed by atoms with Gasteiger partial charge in [-0.2, -0.15) is 0 Å². The Labute approximate surface area is 100 Å². The van der Waals surface area contributed by atoms with Gasteiger partial charge >= 0.3 is 0 Å². The zero-order chi connectivity index (χ0) is 11.9. The molecule has 5 heteroatoms. The average molecular weight is 258 g/mol. The largest absolute Gasteiger partial charge is 0.313 e. The standard InChI is InChI=1S/C11H12ClNO2S/c1-7(13-2)10-6-16(14,15)11-5-8(12)3-4-9(10)11/h3-7,13H,1-2H3. The highest BCUT2D eigenvalue weighted by Crippen LogP contribution is 2.36. The smallest absolute Gasteiger partial charge is 0.200 e. The first-order valence-corrected chi connectivity index (χ1v) is 6.82. The van der Waals surface area contributed by atoms with E-state index in [1.807, 2.05) is 6.92 Å². The van der Waals surface area contributed by atoms with Crippen molar-refractivity contribution in [2.75, 3.05) is 7.05 Å². The molecule has 2 rings (SSSR count). The molecule has 1 heterocycles. The quantitative estimate of drug-likeness (QED) is 0.882. The van der Waals surface area contributed by atoms with Crippen molar-refractivity contribution in [1.82, 2.24) is 5.32 Å². The topological polar surface area (TPSA) is 46.2 Å². The van der Waals surface area contributed by atoms with Crippen LogP contribution in [0.1, 0.15) is 12.5 Å². The van der Waals surface area contributed by atoms with Crippen LogP contribution in [0.15, 0.2) is 28.5 Å². The number of hydrogen-bond donors (Lipinski definition) is 1. The number of likely N-dealkylation sites (N-methyl/N-ethyl adjacent to an activating group) is 1. The summed E-state index contributed by atoms with van der Waals surface area (Å²) in [5.74, 6) is 0. The molecule has 1 aliphatic heterocycles. The highest BCUT2D eigenvalue weighted by Gasteiger charge is 2.29. The molecule has 0 fully saturated rings. The van der Waals surface area contributed by atoms with Gasteiger partial charge in [0.2, 0.25) is 9.84 Å². The normalized spacial score (nSPS) is 19.1. The fraction of sp³-hybridized carbons (Fsp3) is 0.273. The van der Waals surface area contributed by atoms with Crippen LogP contribution in [0.2, 0.25) is 5.02 Å². The predicted molar refractivity (Wildman–Crippen MR) is 65.1 cm³/mol. The number of nitrogens with one attached hydrogen (secondary N) is 1. The number of halogens is 1. The molecule has 0 amide bonds. The summed E-state index contributed by atoms with van der Waals surface area (Å²) in [5, 5.41) is 4.79. The van der Waals surface area contributed by atoms with Crippen LogP contribution >= 0.6 is 11.6 Å². The minimum Gasteiger partial charge on any atom is -0.313 e. The van der Waals surface area contributed by atoms with Gasteiger partial charge in [0, 0.05) is 16.5 Å². The van der Waals surface area contributed by atoms with E-state index in [0.717, 1.165) is 11.1 Å². The van der Waals surface area contributed by atoms with Crippen LogP contribution in [0.25, 0.3) is 5.57 Å². The zero-order valence-electron chi connectivity index (χ0n) is 8.99. The minimum atomic E-state index is -3.32. The van der Waals surface area contributed by atoms with E-state index >= 15 is 0 Å². The maximum Gasteiger partial charge on any atom is 0.200 e. The molecule has 1 aromatic carbocycles. The summed E-state index contributed by atoms with van der Waals surface area (Å²) in [5.41, 5.74) is 1.53. The van der Waals surface area contributed by atoms with E-state index < -0.39 is 9.84 Å². The summed E-state index contributed by atoms with van der Waals surface area (Å²) in [6.45, 7) is 1.92. The van der Waals surface area contributed by atoms with E-state index in [9.17, 15) is 8.42 Å². The van der Waals surface area contributed by atoms with E-state index in [4.69, 9.17) is 11.6 Å². The Morgan fingerprint density at radius 3 is 2.69 bits per heavy atom. The zero-order valence-corrected chi connectivity index (χ0v) is 10.6. The van der Waals surface area contributed by atoms with Crippen LogP contribution < -0.4 is 5.32 Å². The van der Waals surface area contributed by atoms with Crippen LogP contribution in [-0.4, -0.2) is 21.5 Å². The molecule has 0 spiro atoms. The number of sulfone groups is 1. The van der Waals surface area contributed by atoms with Crippen LogP contribution in [-0.2, 0) is 9.84 Å². The van der Waals surface area contributed by atoms with Gasteiger partial charge in [0.05, 0.1) is 4.90 Å². The molecule has 1 aliphatic rings. The van der Waals surface area contributed by atoms with E-state index in [2.05, 4.69) is 5.32 Å². The monoisotopic (exact) mass is 257 g/mol. The van der Waals surface area contributed by atoms with Gasteiger partial charge in [-0.15, -0.1) is 0 Å².